The predicted octanol–water partition coefficient (Wildman–Crippen LogP) is 4.11. The molecule has 0 bridgehead atoms. The van der Waals surface area contributed by atoms with Gasteiger partial charge in [-0.25, -0.2) is 0 Å². The number of hydrogen-bond donors (Lipinski definition) is 1. The molecule has 0 saturated heterocycles. The van der Waals surface area contributed by atoms with E-state index in [1.165, 1.54) is 0 Å². The van der Waals surface area contributed by atoms with Gasteiger partial charge in [-0.15, -0.1) is 0 Å². The van der Waals surface area contributed by atoms with Gasteiger partial charge >= 0.3 is 0 Å². The number of nitrogens with two attached hydrogens (primary N) is 1. The highest BCUT2D eigenvalue weighted by Crippen LogP contribution is 2.31. The smallest absolute Gasteiger partial charge is 0.123 e. The van der Waals surface area contributed by atoms with Crippen LogP contribution in [0.3, 0.4) is 0 Å². The second kappa shape index (κ2) is 6.04. The number of para-hydroxylation sites is 1. The summed E-state index contributed by atoms with van der Waals surface area (Å²) in [4.78, 5) is 0. The van der Waals surface area contributed by atoms with Gasteiger partial charge < -0.3 is 10.5 Å². The number of hydrogen-bond acceptors (Lipinski definition) is 2. The predicted molar refractivity (Wildman–Crippen MR) is 85.9 cm³/mol. The molecule has 0 aliphatic carbocycles. The van der Waals surface area contributed by atoms with Crippen molar-refractivity contribution in [1.82, 2.24) is 0 Å². The number of methoxy groups -OCH3 is 1. The van der Waals surface area contributed by atoms with E-state index in [0.29, 0.717) is 0 Å². The van der Waals surface area contributed by atoms with E-state index in [0.717, 1.165) is 24.9 Å². The normalized spacial score (nSPS) is 12.2. The van der Waals surface area contributed by atoms with Gasteiger partial charge in [-0.3, -0.25) is 0 Å². The van der Waals surface area contributed by atoms with E-state index in [4.69, 9.17) is 10.5 Å². The van der Waals surface area contributed by atoms with Gasteiger partial charge in [-0.1, -0.05) is 34.1 Å². The summed E-state index contributed by atoms with van der Waals surface area (Å²) < 4.78 is 7.54. The summed E-state index contributed by atoms with van der Waals surface area (Å²) in [5.41, 5.74) is 8.45. The molecule has 0 amide bonds. The molecule has 18 heavy (non-hydrogen) atoms. The molecule has 0 radical (unpaired) electrons. The van der Waals surface area contributed by atoms with Crippen molar-refractivity contribution < 1.29 is 4.74 Å². The molecule has 0 aromatic heterocycles. The molecule has 2 aromatic carbocycles. The van der Waals surface area contributed by atoms with Crippen molar-refractivity contribution in [1.29, 1.82) is 0 Å². The summed E-state index contributed by atoms with van der Waals surface area (Å²) in [5.74, 6) is 0.820. The lowest BCUT2D eigenvalue weighted by Crippen LogP contribution is -2.14. The van der Waals surface area contributed by atoms with Crippen molar-refractivity contribution in [2.75, 3.05) is 7.11 Å². The highest BCUT2D eigenvalue weighted by molar-refractivity contribution is 14.1. The largest absolute Gasteiger partial charge is 0.496 e. The van der Waals surface area contributed by atoms with Crippen LogP contribution in [-0.4, -0.2) is 7.11 Å². The SMILES string of the molecule is COc1ccccc1C(N)c1cc(Br)ccc1I. The minimum atomic E-state index is -0.189. The fourth-order valence-corrected chi connectivity index (χ4v) is 2.89. The molecule has 2 N–H and O–H groups in total. The van der Waals surface area contributed by atoms with Crippen molar-refractivity contribution in [3.8, 4) is 5.75 Å². The standard InChI is InChI=1S/C14H13BrINO/c1-18-13-5-3-2-4-10(13)14(17)11-8-9(15)6-7-12(11)16/h2-8,14H,17H2,1H3. The van der Waals surface area contributed by atoms with Gasteiger partial charge in [-0.2, -0.15) is 0 Å². The third-order valence-electron chi connectivity index (χ3n) is 2.77. The quantitative estimate of drug-likeness (QED) is 0.762. The second-order valence-electron chi connectivity index (χ2n) is 3.89. The third kappa shape index (κ3) is 2.87. The summed E-state index contributed by atoms with van der Waals surface area (Å²) in [5, 5.41) is 0. The van der Waals surface area contributed by atoms with Crippen LogP contribution in [0, 0.1) is 3.57 Å². The monoisotopic (exact) mass is 417 g/mol. The van der Waals surface area contributed by atoms with E-state index >= 15 is 0 Å². The molecule has 1 atom stereocenters. The summed E-state index contributed by atoms with van der Waals surface area (Å²) in [7, 11) is 1.66. The summed E-state index contributed by atoms with van der Waals surface area (Å²) >= 11 is 5.78. The van der Waals surface area contributed by atoms with Crippen molar-refractivity contribution >= 4 is 38.5 Å². The molecule has 0 saturated carbocycles. The summed E-state index contributed by atoms with van der Waals surface area (Å²) in [6.45, 7) is 0. The van der Waals surface area contributed by atoms with Crippen LogP contribution in [0.2, 0.25) is 0 Å². The molecule has 2 rings (SSSR count). The van der Waals surface area contributed by atoms with E-state index in [-0.39, 0.29) is 6.04 Å². The van der Waals surface area contributed by atoms with Gasteiger partial charge in [0.2, 0.25) is 0 Å². The van der Waals surface area contributed by atoms with Crippen LogP contribution in [0.5, 0.6) is 5.75 Å². The van der Waals surface area contributed by atoms with Crippen LogP contribution in [-0.2, 0) is 0 Å². The Morgan fingerprint density at radius 1 is 1.17 bits per heavy atom. The molecule has 94 valence electrons. The minimum absolute atomic E-state index is 0.189. The van der Waals surface area contributed by atoms with Crippen LogP contribution < -0.4 is 10.5 Å². The summed E-state index contributed by atoms with van der Waals surface area (Å²) in [6.07, 6.45) is 0. The van der Waals surface area contributed by atoms with E-state index in [2.05, 4.69) is 50.7 Å². The minimum Gasteiger partial charge on any atom is -0.496 e. The zero-order valence-electron chi connectivity index (χ0n) is 9.86. The van der Waals surface area contributed by atoms with Gasteiger partial charge in [0.15, 0.2) is 0 Å². The van der Waals surface area contributed by atoms with Crippen LogP contribution in [0.1, 0.15) is 17.2 Å². The van der Waals surface area contributed by atoms with Crippen molar-refractivity contribution in [3.05, 3.63) is 61.6 Å². The first kappa shape index (κ1) is 13.8. The molecule has 0 heterocycles. The van der Waals surface area contributed by atoms with E-state index < -0.39 is 0 Å². The Labute approximate surface area is 129 Å². The topological polar surface area (TPSA) is 35.2 Å². The highest BCUT2D eigenvalue weighted by Gasteiger charge is 2.16. The number of halogens is 2. The van der Waals surface area contributed by atoms with E-state index in [9.17, 15) is 0 Å². The lowest BCUT2D eigenvalue weighted by atomic mass is 9.99. The maximum Gasteiger partial charge on any atom is 0.123 e. The van der Waals surface area contributed by atoms with Crippen LogP contribution in [0.15, 0.2) is 46.9 Å². The van der Waals surface area contributed by atoms with Gasteiger partial charge in [0.1, 0.15) is 5.75 Å². The average molecular weight is 418 g/mol. The Bertz CT molecular complexity index is 559. The zero-order valence-corrected chi connectivity index (χ0v) is 13.6. The zero-order chi connectivity index (χ0) is 13.1. The first-order chi connectivity index (χ1) is 8.63. The van der Waals surface area contributed by atoms with Crippen molar-refractivity contribution in [2.45, 2.75) is 6.04 Å². The fraction of sp³-hybridized carbons (Fsp3) is 0.143. The lowest BCUT2D eigenvalue weighted by Gasteiger charge is -2.17. The molecular weight excluding hydrogens is 405 g/mol. The Morgan fingerprint density at radius 3 is 2.61 bits per heavy atom. The van der Waals surface area contributed by atoms with Crippen LogP contribution in [0.4, 0.5) is 0 Å². The van der Waals surface area contributed by atoms with Crippen molar-refractivity contribution in [3.63, 3.8) is 0 Å². The Balaban J connectivity index is 2.47. The molecular formula is C14H13BrINO. The van der Waals surface area contributed by atoms with Gasteiger partial charge in [0.05, 0.1) is 13.2 Å². The fourth-order valence-electron chi connectivity index (χ4n) is 1.84. The highest BCUT2D eigenvalue weighted by atomic mass is 127. The van der Waals surface area contributed by atoms with E-state index in [1.54, 1.807) is 7.11 Å². The Hall–Kier alpha value is -0.590. The molecule has 4 heteroatoms. The molecule has 2 aromatic rings. The van der Waals surface area contributed by atoms with Gasteiger partial charge in [-0.05, 0) is 52.4 Å². The molecule has 0 spiro atoms. The molecule has 1 unspecified atom stereocenters. The van der Waals surface area contributed by atoms with Crippen molar-refractivity contribution in [2.24, 2.45) is 5.73 Å². The average Bonchev–Trinajstić information content (AvgIpc) is 2.40. The molecule has 0 fully saturated rings. The second-order valence-corrected chi connectivity index (χ2v) is 5.96. The van der Waals surface area contributed by atoms with Crippen LogP contribution >= 0.6 is 38.5 Å². The first-order valence-electron chi connectivity index (χ1n) is 5.47. The molecule has 0 aliphatic heterocycles. The Morgan fingerprint density at radius 2 is 1.89 bits per heavy atom. The van der Waals surface area contributed by atoms with Crippen LogP contribution in [0.25, 0.3) is 0 Å². The van der Waals surface area contributed by atoms with Gasteiger partial charge in [0, 0.05) is 13.6 Å². The number of rotatable bonds is 3. The molecule has 2 nitrogen and oxygen atoms in total. The Kier molecular flexibility index (Phi) is 4.64. The van der Waals surface area contributed by atoms with E-state index in [1.807, 2.05) is 30.3 Å². The lowest BCUT2D eigenvalue weighted by molar-refractivity contribution is 0.408. The first-order valence-corrected chi connectivity index (χ1v) is 7.34. The maximum atomic E-state index is 6.36. The third-order valence-corrected chi connectivity index (χ3v) is 4.24. The summed E-state index contributed by atoms with van der Waals surface area (Å²) in [6, 6.07) is 13.8. The molecule has 0 aliphatic rings. The number of benzene rings is 2. The maximum absolute atomic E-state index is 6.36. The number of ether oxygens (including phenoxy) is 1. The van der Waals surface area contributed by atoms with Gasteiger partial charge in [0.25, 0.3) is 0 Å².